The maximum Gasteiger partial charge on any atom is 0.220 e. The summed E-state index contributed by atoms with van der Waals surface area (Å²) >= 11 is 10.9. The summed E-state index contributed by atoms with van der Waals surface area (Å²) < 4.78 is 14.2. The molecule has 0 bridgehead atoms. The summed E-state index contributed by atoms with van der Waals surface area (Å²) in [5.74, 6) is 1.64. The predicted octanol–water partition coefficient (Wildman–Crippen LogP) is 7.00. The van der Waals surface area contributed by atoms with Gasteiger partial charge in [0.1, 0.15) is 17.7 Å². The number of nitro groups is 1. The van der Waals surface area contributed by atoms with Gasteiger partial charge in [-0.15, -0.1) is 10.2 Å². The molecule has 1 atom stereocenters. The second kappa shape index (κ2) is 12.0. The maximum atomic E-state index is 11.6. The maximum absolute atomic E-state index is 11.6. The molecule has 0 spiro atoms. The molecule has 1 aromatic heterocycles. The zero-order valence-corrected chi connectivity index (χ0v) is 23.5. The van der Waals surface area contributed by atoms with E-state index >= 15 is 0 Å². The highest BCUT2D eigenvalue weighted by atomic mass is 79.9. The lowest BCUT2D eigenvalue weighted by molar-refractivity contribution is -0.479. The van der Waals surface area contributed by atoms with Gasteiger partial charge in [-0.25, -0.2) is 0 Å². The van der Waals surface area contributed by atoms with Gasteiger partial charge < -0.3 is 9.47 Å². The van der Waals surface area contributed by atoms with E-state index in [1.165, 1.54) is 18.9 Å². The minimum Gasteiger partial charge on any atom is -0.493 e. The molecule has 0 unspecified atom stereocenters. The van der Waals surface area contributed by atoms with Crippen molar-refractivity contribution in [3.05, 3.63) is 103 Å². The normalized spacial score (nSPS) is 11.8. The van der Waals surface area contributed by atoms with Crippen LogP contribution in [-0.2, 0) is 6.61 Å². The van der Waals surface area contributed by atoms with Crippen molar-refractivity contribution < 1.29 is 14.4 Å². The second-order valence-electron chi connectivity index (χ2n) is 8.28. The SMILES string of the molecule is COc1cc([C@H](C[N+](=O)[O-])Sc2nnc(C)n2-c2cccc(C)c2)cc(Br)c1OCc1cccc(Cl)c1. The molecule has 1 heterocycles. The van der Waals surface area contributed by atoms with Gasteiger partial charge in [0.15, 0.2) is 16.7 Å². The number of rotatable bonds is 10. The summed E-state index contributed by atoms with van der Waals surface area (Å²) in [4.78, 5) is 11.3. The Hall–Kier alpha value is -3.08. The molecule has 0 N–H and O–H groups in total. The molecule has 0 fully saturated rings. The Morgan fingerprint density at radius 3 is 2.62 bits per heavy atom. The lowest BCUT2D eigenvalue weighted by atomic mass is 10.1. The molecule has 0 aliphatic carbocycles. The van der Waals surface area contributed by atoms with Gasteiger partial charge in [-0.05, 0) is 82.9 Å². The quantitative estimate of drug-likeness (QED) is 0.109. The first kappa shape index (κ1) is 27.0. The highest BCUT2D eigenvalue weighted by Crippen LogP contribution is 2.43. The number of hydrogen-bond donors (Lipinski definition) is 0. The van der Waals surface area contributed by atoms with Crippen LogP contribution in [0.5, 0.6) is 11.5 Å². The highest BCUT2D eigenvalue weighted by molar-refractivity contribution is 9.10. The van der Waals surface area contributed by atoms with Crippen molar-refractivity contribution in [3.8, 4) is 17.2 Å². The Balaban J connectivity index is 1.66. The number of nitrogens with zero attached hydrogens (tertiary/aromatic N) is 4. The zero-order valence-electron chi connectivity index (χ0n) is 20.4. The number of aromatic nitrogens is 3. The third kappa shape index (κ3) is 6.63. The molecule has 0 saturated carbocycles. The first-order chi connectivity index (χ1) is 17.7. The van der Waals surface area contributed by atoms with Gasteiger partial charge in [-0.2, -0.15) is 0 Å². The molecule has 37 heavy (non-hydrogen) atoms. The molecule has 8 nitrogen and oxygen atoms in total. The van der Waals surface area contributed by atoms with E-state index in [1.807, 2.05) is 66.9 Å². The second-order valence-corrected chi connectivity index (χ2v) is 10.7. The van der Waals surface area contributed by atoms with E-state index < -0.39 is 5.25 Å². The molecule has 0 aliphatic heterocycles. The molecule has 0 saturated heterocycles. The molecule has 0 amide bonds. The van der Waals surface area contributed by atoms with Crippen molar-refractivity contribution in [2.45, 2.75) is 30.9 Å². The first-order valence-electron chi connectivity index (χ1n) is 11.3. The molecule has 192 valence electrons. The van der Waals surface area contributed by atoms with Crippen molar-refractivity contribution in [1.29, 1.82) is 0 Å². The smallest absolute Gasteiger partial charge is 0.220 e. The summed E-state index contributed by atoms with van der Waals surface area (Å²) in [6.45, 7) is 3.82. The van der Waals surface area contributed by atoms with E-state index in [4.69, 9.17) is 21.1 Å². The van der Waals surface area contributed by atoms with Gasteiger partial charge >= 0.3 is 0 Å². The van der Waals surface area contributed by atoms with Crippen LogP contribution in [0.2, 0.25) is 5.02 Å². The molecule has 3 aromatic carbocycles. The Labute approximate surface area is 232 Å². The Kier molecular flexibility index (Phi) is 8.73. The Morgan fingerprint density at radius 2 is 1.92 bits per heavy atom. The van der Waals surface area contributed by atoms with Gasteiger partial charge in [-0.3, -0.25) is 14.7 Å². The number of hydrogen-bond acceptors (Lipinski definition) is 7. The average molecular weight is 604 g/mol. The monoisotopic (exact) mass is 602 g/mol. The number of benzene rings is 3. The van der Waals surface area contributed by atoms with Crippen LogP contribution in [0.1, 0.15) is 27.8 Å². The van der Waals surface area contributed by atoms with Crippen molar-refractivity contribution in [2.75, 3.05) is 13.7 Å². The summed E-state index contributed by atoms with van der Waals surface area (Å²) in [7, 11) is 1.53. The van der Waals surface area contributed by atoms with Gasteiger partial charge in [0.25, 0.3) is 0 Å². The van der Waals surface area contributed by atoms with Crippen LogP contribution in [0.3, 0.4) is 0 Å². The number of aryl methyl sites for hydroxylation is 2. The van der Waals surface area contributed by atoms with Crippen LogP contribution in [0, 0.1) is 24.0 Å². The van der Waals surface area contributed by atoms with E-state index in [-0.39, 0.29) is 18.1 Å². The van der Waals surface area contributed by atoms with Gasteiger partial charge in [0.05, 0.1) is 11.6 Å². The molecule has 4 aromatic rings. The number of ether oxygens (including phenoxy) is 2. The van der Waals surface area contributed by atoms with E-state index in [0.29, 0.717) is 37.5 Å². The summed E-state index contributed by atoms with van der Waals surface area (Å²) in [6.07, 6.45) is 0. The van der Waals surface area contributed by atoms with Gasteiger partial charge in [0, 0.05) is 15.6 Å². The average Bonchev–Trinajstić information content (AvgIpc) is 3.22. The summed E-state index contributed by atoms with van der Waals surface area (Å²) in [5, 5.41) is 20.8. The predicted molar refractivity (Wildman–Crippen MR) is 148 cm³/mol. The standard InChI is InChI=1S/C26H24BrClN4O4S/c1-16-6-4-9-21(10-16)32-17(2)29-30-26(32)37-24(14-31(33)34)19-12-22(27)25(23(13-19)35-3)36-15-18-7-5-8-20(28)11-18/h4-13,24H,14-15H2,1-3H3/t24-/m0/s1. The van der Waals surface area contributed by atoms with Gasteiger partial charge in [-0.1, -0.05) is 47.6 Å². The Morgan fingerprint density at radius 1 is 1.14 bits per heavy atom. The van der Waals surface area contributed by atoms with Crippen LogP contribution in [0.25, 0.3) is 5.69 Å². The molecule has 0 aliphatic rings. The highest BCUT2D eigenvalue weighted by Gasteiger charge is 2.26. The van der Waals surface area contributed by atoms with Gasteiger partial charge in [0.2, 0.25) is 6.54 Å². The third-order valence-electron chi connectivity index (χ3n) is 5.51. The first-order valence-corrected chi connectivity index (χ1v) is 13.3. The fourth-order valence-electron chi connectivity index (χ4n) is 3.80. The molecule has 0 radical (unpaired) electrons. The van der Waals surface area contributed by atoms with E-state index in [1.54, 1.807) is 12.1 Å². The number of thioether (sulfide) groups is 1. The number of halogens is 2. The van der Waals surface area contributed by atoms with E-state index in [0.717, 1.165) is 16.8 Å². The summed E-state index contributed by atoms with van der Waals surface area (Å²) in [6, 6.07) is 18.9. The van der Waals surface area contributed by atoms with E-state index in [9.17, 15) is 10.1 Å². The summed E-state index contributed by atoms with van der Waals surface area (Å²) in [5.41, 5.74) is 3.58. The van der Waals surface area contributed by atoms with Crippen molar-refractivity contribution in [3.63, 3.8) is 0 Å². The molecular formula is C26H24BrClN4O4S. The lowest BCUT2D eigenvalue weighted by Crippen LogP contribution is -2.12. The van der Waals surface area contributed by atoms with Crippen molar-refractivity contribution >= 4 is 39.3 Å². The lowest BCUT2D eigenvalue weighted by Gasteiger charge is -2.18. The molecule has 11 heteroatoms. The Bertz CT molecular complexity index is 1430. The van der Waals surface area contributed by atoms with Crippen molar-refractivity contribution in [2.24, 2.45) is 0 Å². The van der Waals surface area contributed by atoms with Crippen LogP contribution in [-0.4, -0.2) is 33.3 Å². The fraction of sp³-hybridized carbons (Fsp3) is 0.231. The minimum atomic E-state index is -0.561. The van der Waals surface area contributed by atoms with Crippen LogP contribution < -0.4 is 9.47 Å². The van der Waals surface area contributed by atoms with Crippen LogP contribution >= 0.6 is 39.3 Å². The van der Waals surface area contributed by atoms with Crippen LogP contribution in [0.15, 0.2) is 70.3 Å². The van der Waals surface area contributed by atoms with Crippen LogP contribution in [0.4, 0.5) is 0 Å². The fourth-order valence-corrected chi connectivity index (χ4v) is 5.75. The third-order valence-corrected chi connectivity index (χ3v) is 7.52. The number of methoxy groups -OCH3 is 1. The molecule has 4 rings (SSSR count). The largest absolute Gasteiger partial charge is 0.493 e. The van der Waals surface area contributed by atoms with Crippen molar-refractivity contribution in [1.82, 2.24) is 14.8 Å². The van der Waals surface area contributed by atoms with E-state index in [2.05, 4.69) is 26.1 Å². The topological polar surface area (TPSA) is 92.3 Å². The zero-order chi connectivity index (χ0) is 26.5. The molecular weight excluding hydrogens is 580 g/mol. The minimum absolute atomic E-state index is 0.279.